The molecule has 1 aliphatic rings. The van der Waals surface area contributed by atoms with Gasteiger partial charge in [0.1, 0.15) is 0 Å². The number of hydrogen-bond donors (Lipinski definition) is 0. The molecule has 0 amide bonds. The molecule has 0 spiro atoms. The molecule has 0 radical (unpaired) electrons. The summed E-state index contributed by atoms with van der Waals surface area (Å²) in [6.07, 6.45) is -0.249. The van der Waals surface area contributed by atoms with Gasteiger partial charge in [0.15, 0.2) is 6.23 Å². The number of hydroxylamine groups is 2. The predicted octanol–water partition coefficient (Wildman–Crippen LogP) is 1.47. The molecule has 0 N–H and O–H groups in total. The molecule has 5 nitrogen and oxygen atoms in total. The minimum absolute atomic E-state index is 0.108. The third-order valence-electron chi connectivity index (χ3n) is 1.95. The zero-order valence-electron chi connectivity index (χ0n) is 7.01. The summed E-state index contributed by atoms with van der Waals surface area (Å²) < 4.78 is 0. The first-order chi connectivity index (χ1) is 6.20. The molecule has 1 heterocycles. The monoisotopic (exact) mass is 180 g/mol. The van der Waals surface area contributed by atoms with Crippen molar-refractivity contribution in [2.75, 3.05) is 7.05 Å². The van der Waals surface area contributed by atoms with Crippen LogP contribution >= 0.6 is 0 Å². The van der Waals surface area contributed by atoms with Crippen LogP contribution in [0, 0.1) is 10.1 Å². The Hall–Kier alpha value is -1.46. The smallest absolute Gasteiger partial charge is 0.270 e. The fourth-order valence-electron chi connectivity index (χ4n) is 1.25. The maximum atomic E-state index is 10.6. The molecule has 2 unspecified atom stereocenters. The quantitative estimate of drug-likeness (QED) is 0.393. The topological polar surface area (TPSA) is 58.7 Å². The Kier molecular flexibility index (Phi) is 1.75. The van der Waals surface area contributed by atoms with E-state index in [-0.39, 0.29) is 11.9 Å². The molecule has 68 valence electrons. The molecule has 0 aliphatic carbocycles. The van der Waals surface area contributed by atoms with Crippen LogP contribution in [-0.4, -0.2) is 17.0 Å². The number of rotatable bonds is 2. The average Bonchev–Trinajstić information content (AvgIpc) is 2.82. The third-order valence-corrected chi connectivity index (χ3v) is 1.95. The van der Waals surface area contributed by atoms with Crippen molar-refractivity contribution in [3.05, 3.63) is 39.9 Å². The molecule has 1 aromatic rings. The van der Waals surface area contributed by atoms with Crippen molar-refractivity contribution in [3.8, 4) is 0 Å². The third kappa shape index (κ3) is 1.39. The lowest BCUT2D eigenvalue weighted by atomic mass is 10.2. The molecule has 13 heavy (non-hydrogen) atoms. The Labute approximate surface area is 74.6 Å². The van der Waals surface area contributed by atoms with Crippen molar-refractivity contribution in [2.45, 2.75) is 6.23 Å². The van der Waals surface area contributed by atoms with Gasteiger partial charge in [0.05, 0.1) is 10.5 Å². The fourth-order valence-corrected chi connectivity index (χ4v) is 1.25. The minimum atomic E-state index is -0.398. The van der Waals surface area contributed by atoms with E-state index in [1.165, 1.54) is 6.07 Å². The van der Waals surface area contributed by atoms with Crippen LogP contribution in [0.3, 0.4) is 0 Å². The molecule has 1 fully saturated rings. The summed E-state index contributed by atoms with van der Waals surface area (Å²) in [6, 6.07) is 6.58. The first kappa shape index (κ1) is 8.15. The second-order valence-corrected chi connectivity index (χ2v) is 2.82. The van der Waals surface area contributed by atoms with Crippen LogP contribution in [0.5, 0.6) is 0 Å². The van der Waals surface area contributed by atoms with Crippen LogP contribution in [0.15, 0.2) is 24.3 Å². The van der Waals surface area contributed by atoms with Crippen molar-refractivity contribution >= 4 is 5.69 Å². The lowest BCUT2D eigenvalue weighted by Gasteiger charge is -1.96. The summed E-state index contributed by atoms with van der Waals surface area (Å²) in [6.45, 7) is 0. The van der Waals surface area contributed by atoms with E-state index in [0.717, 1.165) is 0 Å². The lowest BCUT2D eigenvalue weighted by Crippen LogP contribution is -1.95. The Bertz CT molecular complexity index is 353. The van der Waals surface area contributed by atoms with Gasteiger partial charge in [-0.05, 0) is 6.07 Å². The van der Waals surface area contributed by atoms with Gasteiger partial charge in [-0.25, -0.2) is 0 Å². The van der Waals surface area contributed by atoms with Crippen LogP contribution in [0.1, 0.15) is 11.8 Å². The summed E-state index contributed by atoms with van der Waals surface area (Å²) in [5.41, 5.74) is 0.715. The van der Waals surface area contributed by atoms with Crippen LogP contribution < -0.4 is 0 Å². The molecule has 5 heteroatoms. The highest BCUT2D eigenvalue weighted by Gasteiger charge is 2.38. The first-order valence-corrected chi connectivity index (χ1v) is 3.83. The number of benzene rings is 1. The Morgan fingerprint density at radius 2 is 2.15 bits per heavy atom. The molecule has 2 rings (SSSR count). The molecule has 0 saturated carbocycles. The van der Waals surface area contributed by atoms with Crippen LogP contribution in [0.4, 0.5) is 5.69 Å². The summed E-state index contributed by atoms with van der Waals surface area (Å²) in [5.74, 6) is 0. The van der Waals surface area contributed by atoms with Gasteiger partial charge in [-0.2, -0.15) is 5.06 Å². The average molecular weight is 180 g/mol. The number of nitro benzene ring substituents is 1. The summed E-state index contributed by atoms with van der Waals surface area (Å²) in [5, 5.41) is 12.2. The van der Waals surface area contributed by atoms with Crippen molar-refractivity contribution in [1.82, 2.24) is 5.06 Å². The summed E-state index contributed by atoms with van der Waals surface area (Å²) in [4.78, 5) is 15.2. The Morgan fingerprint density at radius 1 is 1.54 bits per heavy atom. The molecule has 1 aliphatic heterocycles. The van der Waals surface area contributed by atoms with E-state index < -0.39 is 4.92 Å². The van der Waals surface area contributed by atoms with Crippen LogP contribution in [0.2, 0.25) is 0 Å². The first-order valence-electron chi connectivity index (χ1n) is 3.83. The van der Waals surface area contributed by atoms with Gasteiger partial charge in [-0.3, -0.25) is 15.0 Å². The largest absolute Gasteiger partial charge is 0.276 e. The van der Waals surface area contributed by atoms with E-state index in [2.05, 4.69) is 0 Å². The minimum Gasteiger partial charge on any atom is -0.270 e. The standard InChI is InChI=1S/C8H8N2O3/c1-9-8(13-9)6-4-2-3-5-7(6)10(11)12/h2-5,8H,1H3. The second kappa shape index (κ2) is 2.79. The fraction of sp³-hybridized carbons (Fsp3) is 0.250. The summed E-state index contributed by atoms with van der Waals surface area (Å²) in [7, 11) is 1.74. The molecule has 1 aromatic carbocycles. The molecular formula is C8H8N2O3. The van der Waals surface area contributed by atoms with Gasteiger partial charge in [0.25, 0.3) is 5.69 Å². The molecule has 1 saturated heterocycles. The van der Waals surface area contributed by atoms with Gasteiger partial charge in [0, 0.05) is 13.1 Å². The number of nitro groups is 1. The Morgan fingerprint density at radius 3 is 2.69 bits per heavy atom. The van der Waals surface area contributed by atoms with Gasteiger partial charge in [-0.1, -0.05) is 12.1 Å². The second-order valence-electron chi connectivity index (χ2n) is 2.82. The maximum Gasteiger partial charge on any atom is 0.276 e. The van der Waals surface area contributed by atoms with E-state index in [1.807, 2.05) is 0 Å². The van der Waals surface area contributed by atoms with Crippen LogP contribution in [-0.2, 0) is 4.84 Å². The summed E-state index contributed by atoms with van der Waals surface area (Å²) >= 11 is 0. The van der Waals surface area contributed by atoms with Gasteiger partial charge < -0.3 is 0 Å². The number of nitrogens with zero attached hydrogens (tertiary/aromatic N) is 2. The molecule has 0 bridgehead atoms. The molecule has 0 aromatic heterocycles. The normalized spacial score (nSPS) is 25.6. The molecular weight excluding hydrogens is 172 g/mol. The van der Waals surface area contributed by atoms with Crippen LogP contribution in [0.25, 0.3) is 0 Å². The predicted molar refractivity (Wildman–Crippen MR) is 44.7 cm³/mol. The zero-order chi connectivity index (χ0) is 9.42. The van der Waals surface area contributed by atoms with E-state index in [1.54, 1.807) is 30.3 Å². The van der Waals surface area contributed by atoms with Gasteiger partial charge in [-0.15, -0.1) is 0 Å². The van der Waals surface area contributed by atoms with Gasteiger partial charge >= 0.3 is 0 Å². The van der Waals surface area contributed by atoms with E-state index in [4.69, 9.17) is 4.84 Å². The van der Waals surface area contributed by atoms with Crippen molar-refractivity contribution in [1.29, 1.82) is 0 Å². The van der Waals surface area contributed by atoms with E-state index in [0.29, 0.717) is 5.56 Å². The van der Waals surface area contributed by atoms with E-state index >= 15 is 0 Å². The number of hydrogen-bond acceptors (Lipinski definition) is 4. The SMILES string of the molecule is CN1OC1c1ccccc1[N+](=O)[O-]. The highest BCUT2D eigenvalue weighted by atomic mass is 16.8. The zero-order valence-corrected chi connectivity index (χ0v) is 7.01. The van der Waals surface area contributed by atoms with Crippen molar-refractivity contribution in [3.63, 3.8) is 0 Å². The highest BCUT2D eigenvalue weighted by Crippen LogP contribution is 2.39. The maximum absolute atomic E-state index is 10.6. The molecule has 2 atom stereocenters. The Balaban J connectivity index is 2.38. The lowest BCUT2D eigenvalue weighted by molar-refractivity contribution is -0.385. The van der Waals surface area contributed by atoms with Crippen molar-refractivity contribution < 1.29 is 9.76 Å². The van der Waals surface area contributed by atoms with Gasteiger partial charge in [0.2, 0.25) is 0 Å². The van der Waals surface area contributed by atoms with Crippen molar-refractivity contribution in [2.24, 2.45) is 0 Å². The number of para-hydroxylation sites is 1. The van der Waals surface area contributed by atoms with E-state index in [9.17, 15) is 10.1 Å². The highest BCUT2D eigenvalue weighted by molar-refractivity contribution is 5.41.